The lowest BCUT2D eigenvalue weighted by Crippen LogP contribution is -2.21. The van der Waals surface area contributed by atoms with Crippen molar-refractivity contribution in [2.75, 3.05) is 6.54 Å². The summed E-state index contributed by atoms with van der Waals surface area (Å²) in [6, 6.07) is 8.03. The summed E-state index contributed by atoms with van der Waals surface area (Å²) in [6.07, 6.45) is 1.93. The minimum atomic E-state index is -0.232. The zero-order chi connectivity index (χ0) is 14.1. The molecule has 104 valence electrons. The predicted octanol–water partition coefficient (Wildman–Crippen LogP) is 2.21. The Balaban J connectivity index is 2.20. The largest absolute Gasteiger partial charge is 0.461 e. The first kappa shape index (κ1) is 15.2. The number of rotatable bonds is 7. The Morgan fingerprint density at radius 2 is 1.79 bits per heavy atom. The second-order valence-electron chi connectivity index (χ2n) is 4.42. The zero-order valence-corrected chi connectivity index (χ0v) is 11.6. The van der Waals surface area contributed by atoms with Crippen molar-refractivity contribution in [3.05, 3.63) is 35.4 Å². The number of esters is 1. The van der Waals surface area contributed by atoms with Gasteiger partial charge >= 0.3 is 5.97 Å². The second-order valence-corrected chi connectivity index (χ2v) is 4.42. The van der Waals surface area contributed by atoms with E-state index in [0.717, 1.165) is 12.0 Å². The Morgan fingerprint density at radius 3 is 2.37 bits per heavy atom. The quantitative estimate of drug-likeness (QED) is 0.606. The van der Waals surface area contributed by atoms with Gasteiger partial charge in [-0.25, -0.2) is 0 Å². The van der Waals surface area contributed by atoms with E-state index < -0.39 is 0 Å². The molecule has 0 atom stereocenters. The van der Waals surface area contributed by atoms with Crippen LogP contribution in [0.1, 0.15) is 37.8 Å². The van der Waals surface area contributed by atoms with E-state index in [-0.39, 0.29) is 11.9 Å². The minimum absolute atomic E-state index is 0.0793. The fourth-order valence-electron chi connectivity index (χ4n) is 1.60. The van der Waals surface area contributed by atoms with E-state index in [4.69, 9.17) is 4.74 Å². The van der Waals surface area contributed by atoms with Crippen LogP contribution in [0.3, 0.4) is 0 Å². The topological polar surface area (TPSA) is 55.4 Å². The number of nitrogens with one attached hydrogen (secondary N) is 1. The lowest BCUT2D eigenvalue weighted by Gasteiger charge is -2.06. The summed E-state index contributed by atoms with van der Waals surface area (Å²) in [6.45, 7) is 4.38. The second kappa shape index (κ2) is 8.29. The van der Waals surface area contributed by atoms with Gasteiger partial charge in [0.05, 0.1) is 0 Å². The van der Waals surface area contributed by atoms with Gasteiger partial charge in [-0.1, -0.05) is 31.2 Å². The van der Waals surface area contributed by atoms with Crippen molar-refractivity contribution in [2.45, 2.75) is 39.7 Å². The summed E-state index contributed by atoms with van der Waals surface area (Å²) in [5.41, 5.74) is 2.26. The Morgan fingerprint density at radius 1 is 1.16 bits per heavy atom. The van der Waals surface area contributed by atoms with Crippen molar-refractivity contribution >= 4 is 11.9 Å². The number of carbonyl (C=O) groups is 2. The van der Waals surface area contributed by atoms with E-state index in [1.165, 1.54) is 12.5 Å². The number of hydrogen-bond acceptors (Lipinski definition) is 3. The molecule has 0 bridgehead atoms. The first-order valence-electron chi connectivity index (χ1n) is 6.59. The third kappa shape index (κ3) is 6.60. The number of ether oxygens (including phenoxy) is 1. The fraction of sp³-hybridized carbons (Fsp3) is 0.467. The highest BCUT2D eigenvalue weighted by Gasteiger charge is 2.03. The molecule has 1 rings (SSSR count). The molecule has 0 aromatic heterocycles. The van der Waals surface area contributed by atoms with Crippen LogP contribution in [0.15, 0.2) is 24.3 Å². The third-order valence-electron chi connectivity index (χ3n) is 2.76. The molecule has 0 saturated heterocycles. The number of aryl methyl sites for hydroxylation is 1. The maximum Gasteiger partial charge on any atom is 0.306 e. The highest BCUT2D eigenvalue weighted by atomic mass is 16.5. The smallest absolute Gasteiger partial charge is 0.306 e. The van der Waals surface area contributed by atoms with Crippen molar-refractivity contribution in [1.82, 2.24) is 5.32 Å². The van der Waals surface area contributed by atoms with Crippen LogP contribution in [0.5, 0.6) is 0 Å². The van der Waals surface area contributed by atoms with Crippen LogP contribution in [0.25, 0.3) is 0 Å². The monoisotopic (exact) mass is 263 g/mol. The molecule has 0 fully saturated rings. The molecule has 0 saturated carbocycles. The van der Waals surface area contributed by atoms with Crippen LogP contribution in [0.2, 0.25) is 0 Å². The van der Waals surface area contributed by atoms with Gasteiger partial charge in [0, 0.05) is 19.9 Å². The summed E-state index contributed by atoms with van der Waals surface area (Å²) in [7, 11) is 0. The van der Waals surface area contributed by atoms with Crippen molar-refractivity contribution in [3.8, 4) is 0 Å². The maximum absolute atomic E-state index is 11.4. The molecule has 1 amide bonds. The van der Waals surface area contributed by atoms with Gasteiger partial charge in [0.25, 0.3) is 0 Å². The first-order chi connectivity index (χ1) is 9.11. The summed E-state index contributed by atoms with van der Waals surface area (Å²) >= 11 is 0. The fourth-order valence-corrected chi connectivity index (χ4v) is 1.60. The van der Waals surface area contributed by atoms with Gasteiger partial charge < -0.3 is 10.1 Å². The van der Waals surface area contributed by atoms with E-state index in [9.17, 15) is 9.59 Å². The van der Waals surface area contributed by atoms with Crippen molar-refractivity contribution in [3.63, 3.8) is 0 Å². The van der Waals surface area contributed by atoms with Gasteiger partial charge in [0.15, 0.2) is 0 Å². The Bertz CT molecular complexity index is 412. The van der Waals surface area contributed by atoms with E-state index >= 15 is 0 Å². The molecule has 0 heterocycles. The minimum Gasteiger partial charge on any atom is -0.461 e. The molecule has 0 aliphatic carbocycles. The van der Waals surface area contributed by atoms with Crippen LogP contribution in [0, 0.1) is 0 Å². The number of benzene rings is 1. The SMILES string of the molecule is CCc1ccc(COC(=O)CCCNC(C)=O)cc1. The summed E-state index contributed by atoms with van der Waals surface area (Å²) < 4.78 is 5.16. The molecule has 1 aromatic rings. The van der Waals surface area contributed by atoms with Crippen LogP contribution in [0.4, 0.5) is 0 Å². The Hall–Kier alpha value is -1.84. The van der Waals surface area contributed by atoms with Crippen LogP contribution in [-0.2, 0) is 27.4 Å². The normalized spacial score (nSPS) is 10.0. The highest BCUT2D eigenvalue weighted by molar-refractivity contribution is 5.73. The molecule has 0 spiro atoms. The standard InChI is InChI=1S/C15H21NO3/c1-3-13-6-8-14(9-7-13)11-19-15(18)5-4-10-16-12(2)17/h6-9H,3-5,10-11H2,1-2H3,(H,16,17). The first-order valence-corrected chi connectivity index (χ1v) is 6.59. The molecular formula is C15H21NO3. The molecule has 0 aliphatic rings. The van der Waals surface area contributed by atoms with Crippen molar-refractivity contribution in [1.29, 1.82) is 0 Å². The average Bonchev–Trinajstić information content (AvgIpc) is 2.41. The van der Waals surface area contributed by atoms with Gasteiger partial charge in [-0.3, -0.25) is 9.59 Å². The zero-order valence-electron chi connectivity index (χ0n) is 11.6. The van der Waals surface area contributed by atoms with Gasteiger partial charge in [-0.05, 0) is 24.0 Å². The predicted molar refractivity (Wildman–Crippen MR) is 73.5 cm³/mol. The lowest BCUT2D eigenvalue weighted by atomic mass is 10.1. The van der Waals surface area contributed by atoms with E-state index in [1.54, 1.807) is 0 Å². The molecule has 0 aliphatic heterocycles. The van der Waals surface area contributed by atoms with E-state index in [2.05, 4.69) is 12.2 Å². The van der Waals surface area contributed by atoms with Gasteiger partial charge in [-0.2, -0.15) is 0 Å². The maximum atomic E-state index is 11.4. The van der Waals surface area contributed by atoms with E-state index in [0.29, 0.717) is 26.0 Å². The number of carbonyl (C=O) groups excluding carboxylic acids is 2. The van der Waals surface area contributed by atoms with Crippen molar-refractivity contribution < 1.29 is 14.3 Å². The summed E-state index contributed by atoms with van der Waals surface area (Å²) in [4.78, 5) is 22.1. The molecular weight excluding hydrogens is 242 g/mol. The molecule has 0 unspecified atom stereocenters. The third-order valence-corrected chi connectivity index (χ3v) is 2.76. The van der Waals surface area contributed by atoms with Crippen LogP contribution in [-0.4, -0.2) is 18.4 Å². The highest BCUT2D eigenvalue weighted by Crippen LogP contribution is 2.07. The van der Waals surface area contributed by atoms with Crippen LogP contribution < -0.4 is 5.32 Å². The molecule has 1 aromatic carbocycles. The van der Waals surface area contributed by atoms with Crippen molar-refractivity contribution in [2.24, 2.45) is 0 Å². The molecule has 19 heavy (non-hydrogen) atoms. The van der Waals surface area contributed by atoms with Gasteiger partial charge in [0.2, 0.25) is 5.91 Å². The van der Waals surface area contributed by atoms with Gasteiger partial charge in [0.1, 0.15) is 6.61 Å². The number of hydrogen-bond donors (Lipinski definition) is 1. The molecule has 4 heteroatoms. The summed E-state index contributed by atoms with van der Waals surface area (Å²) in [5, 5.41) is 2.64. The van der Waals surface area contributed by atoms with Gasteiger partial charge in [-0.15, -0.1) is 0 Å². The van der Waals surface area contributed by atoms with Crippen LogP contribution >= 0.6 is 0 Å². The van der Waals surface area contributed by atoms with E-state index in [1.807, 2.05) is 24.3 Å². The number of amides is 1. The Kier molecular flexibility index (Phi) is 6.64. The summed E-state index contributed by atoms with van der Waals surface area (Å²) in [5.74, 6) is -0.311. The molecule has 0 radical (unpaired) electrons. The molecule has 1 N–H and O–H groups in total. The lowest BCUT2D eigenvalue weighted by molar-refractivity contribution is -0.145. The molecule has 4 nitrogen and oxygen atoms in total. The Labute approximate surface area is 114 Å². The average molecular weight is 263 g/mol.